The van der Waals surface area contributed by atoms with Crippen molar-refractivity contribution in [3.8, 4) is 0 Å². The van der Waals surface area contributed by atoms with Crippen LogP contribution in [0.5, 0.6) is 0 Å². The van der Waals surface area contributed by atoms with Gasteiger partial charge >= 0.3 is 0 Å². The molecule has 0 aliphatic carbocycles. The molecule has 0 radical (unpaired) electrons. The van der Waals surface area contributed by atoms with E-state index in [2.05, 4.69) is 21.2 Å². The number of hydrogen-bond acceptors (Lipinski definition) is 2. The summed E-state index contributed by atoms with van der Waals surface area (Å²) in [5, 5.41) is 5.00. The van der Waals surface area contributed by atoms with E-state index in [1.807, 2.05) is 46.3 Å². The zero-order valence-electron chi connectivity index (χ0n) is 14.3. The highest BCUT2D eigenvalue weighted by atomic mass is 79.9. The molecule has 0 fully saturated rings. The fraction of sp³-hybridized carbons (Fsp3) is 0.0952. The first-order valence-electron chi connectivity index (χ1n) is 8.44. The fourth-order valence-electron chi connectivity index (χ4n) is 3.02. The van der Waals surface area contributed by atoms with Gasteiger partial charge in [-0.2, -0.15) is 0 Å². The number of fused-ring (bicyclic) bond motifs is 1. The molecule has 0 spiro atoms. The maximum atomic E-state index is 13.2. The van der Waals surface area contributed by atoms with Crippen LogP contribution in [0.15, 0.2) is 70.5 Å². The number of carbonyl (C=O) groups excluding carboxylic acids is 1. The topological polar surface area (TPSA) is 34.0 Å². The Morgan fingerprint density at radius 2 is 1.81 bits per heavy atom. The summed E-state index contributed by atoms with van der Waals surface area (Å²) in [5.74, 6) is -0.398. The highest BCUT2D eigenvalue weighted by Gasteiger charge is 2.19. The molecule has 6 heteroatoms. The third kappa shape index (κ3) is 3.82. The molecule has 0 saturated carbocycles. The first kappa shape index (κ1) is 17.9. The van der Waals surface area contributed by atoms with E-state index in [-0.39, 0.29) is 11.7 Å². The van der Waals surface area contributed by atoms with E-state index in [0.29, 0.717) is 18.8 Å². The molecular formula is C21H16BrFN2OS. The molecule has 0 saturated heterocycles. The maximum Gasteiger partial charge on any atom is 0.268 e. The van der Waals surface area contributed by atoms with E-state index < -0.39 is 0 Å². The normalized spacial score (nSPS) is 11.0. The molecular weight excluding hydrogens is 427 g/mol. The summed E-state index contributed by atoms with van der Waals surface area (Å²) < 4.78 is 17.2. The first-order valence-corrected chi connectivity index (χ1v) is 10.1. The first-order chi connectivity index (χ1) is 13.1. The molecule has 0 aliphatic rings. The molecule has 0 bridgehead atoms. The number of rotatable bonds is 5. The standard InChI is InChI=1S/C21H16BrFN2OS/c22-17-13-27-19-10-18(21(26)24-11-14-4-2-1-3-5-14)25(20(17)19)12-15-6-8-16(23)9-7-15/h1-10,13H,11-12H2,(H,24,26). The number of amides is 1. The third-order valence-corrected chi connectivity index (χ3v) is 6.19. The number of aromatic nitrogens is 1. The van der Waals surface area contributed by atoms with Crippen LogP contribution in [0.3, 0.4) is 0 Å². The summed E-state index contributed by atoms with van der Waals surface area (Å²) >= 11 is 5.16. The quantitative estimate of drug-likeness (QED) is 0.429. The second-order valence-corrected chi connectivity index (χ2v) is 7.97. The summed E-state index contributed by atoms with van der Waals surface area (Å²) in [6.07, 6.45) is 0. The van der Waals surface area contributed by atoms with E-state index in [9.17, 15) is 9.18 Å². The molecule has 1 N–H and O–H groups in total. The molecule has 27 heavy (non-hydrogen) atoms. The van der Waals surface area contributed by atoms with Crippen LogP contribution in [0, 0.1) is 5.82 Å². The average molecular weight is 443 g/mol. The lowest BCUT2D eigenvalue weighted by atomic mass is 10.2. The van der Waals surface area contributed by atoms with Crippen molar-refractivity contribution in [1.29, 1.82) is 0 Å². The predicted molar refractivity (Wildman–Crippen MR) is 111 cm³/mol. The molecule has 136 valence electrons. The van der Waals surface area contributed by atoms with E-state index >= 15 is 0 Å². The van der Waals surface area contributed by atoms with Gasteiger partial charge in [0.1, 0.15) is 11.5 Å². The van der Waals surface area contributed by atoms with Gasteiger partial charge in [0.15, 0.2) is 0 Å². The van der Waals surface area contributed by atoms with Gasteiger partial charge in [-0.15, -0.1) is 11.3 Å². The van der Waals surface area contributed by atoms with Gasteiger partial charge in [0.2, 0.25) is 0 Å². The highest BCUT2D eigenvalue weighted by Crippen LogP contribution is 2.33. The Kier molecular flexibility index (Phi) is 5.09. The minimum absolute atomic E-state index is 0.128. The Labute approximate surface area is 168 Å². The Morgan fingerprint density at radius 1 is 1.07 bits per heavy atom. The van der Waals surface area contributed by atoms with Crippen LogP contribution in [-0.4, -0.2) is 10.5 Å². The molecule has 1 amide bonds. The zero-order chi connectivity index (χ0) is 18.8. The van der Waals surface area contributed by atoms with E-state index in [1.54, 1.807) is 23.5 Å². The van der Waals surface area contributed by atoms with Crippen LogP contribution in [0.25, 0.3) is 10.2 Å². The molecule has 3 nitrogen and oxygen atoms in total. The van der Waals surface area contributed by atoms with Crippen molar-refractivity contribution < 1.29 is 9.18 Å². The molecule has 2 aromatic carbocycles. The van der Waals surface area contributed by atoms with Crippen molar-refractivity contribution in [3.63, 3.8) is 0 Å². The van der Waals surface area contributed by atoms with Crippen LogP contribution in [0.2, 0.25) is 0 Å². The van der Waals surface area contributed by atoms with Gasteiger partial charge in [-0.1, -0.05) is 42.5 Å². The summed E-state index contributed by atoms with van der Waals surface area (Å²) in [4.78, 5) is 12.9. The summed E-state index contributed by atoms with van der Waals surface area (Å²) in [6.45, 7) is 0.962. The lowest BCUT2D eigenvalue weighted by molar-refractivity contribution is 0.0942. The summed E-state index contributed by atoms with van der Waals surface area (Å²) in [7, 11) is 0. The Balaban J connectivity index is 1.65. The predicted octanol–water partition coefficient (Wildman–Crippen LogP) is 5.58. The van der Waals surface area contributed by atoms with Crippen molar-refractivity contribution in [1.82, 2.24) is 9.88 Å². The van der Waals surface area contributed by atoms with Crippen LogP contribution < -0.4 is 5.32 Å². The van der Waals surface area contributed by atoms with Gasteiger partial charge in [-0.3, -0.25) is 4.79 Å². The van der Waals surface area contributed by atoms with Crippen LogP contribution >= 0.6 is 27.3 Å². The van der Waals surface area contributed by atoms with Crippen molar-refractivity contribution in [2.75, 3.05) is 0 Å². The monoisotopic (exact) mass is 442 g/mol. The number of halogens is 2. The summed E-state index contributed by atoms with van der Waals surface area (Å²) in [6, 6.07) is 18.1. The largest absolute Gasteiger partial charge is 0.347 e. The van der Waals surface area contributed by atoms with Crippen molar-refractivity contribution >= 4 is 43.4 Å². The van der Waals surface area contributed by atoms with E-state index in [4.69, 9.17) is 0 Å². The van der Waals surface area contributed by atoms with Gasteiger partial charge in [-0.05, 0) is 45.3 Å². The molecule has 4 aromatic rings. The number of nitrogens with one attached hydrogen (secondary N) is 1. The molecule has 2 heterocycles. The molecule has 2 aromatic heterocycles. The molecule has 0 unspecified atom stereocenters. The molecule has 0 aliphatic heterocycles. The molecule has 4 rings (SSSR count). The zero-order valence-corrected chi connectivity index (χ0v) is 16.7. The Morgan fingerprint density at radius 3 is 2.56 bits per heavy atom. The van der Waals surface area contributed by atoms with Gasteiger partial charge < -0.3 is 9.88 Å². The fourth-order valence-corrected chi connectivity index (χ4v) is 4.72. The molecule has 0 atom stereocenters. The minimum atomic E-state index is -0.269. The number of carbonyl (C=O) groups is 1. The van der Waals surface area contributed by atoms with Crippen molar-refractivity contribution in [2.24, 2.45) is 0 Å². The number of thiophene rings is 1. The summed E-state index contributed by atoms with van der Waals surface area (Å²) in [5.41, 5.74) is 3.56. The van der Waals surface area contributed by atoms with Crippen LogP contribution in [0.1, 0.15) is 21.6 Å². The second kappa shape index (κ2) is 7.66. The van der Waals surface area contributed by atoms with E-state index in [0.717, 1.165) is 25.8 Å². The number of nitrogens with zero attached hydrogens (tertiary/aromatic N) is 1. The Hall–Kier alpha value is -2.44. The van der Waals surface area contributed by atoms with Gasteiger partial charge in [0.25, 0.3) is 5.91 Å². The number of benzene rings is 2. The van der Waals surface area contributed by atoms with Crippen molar-refractivity contribution in [2.45, 2.75) is 13.1 Å². The van der Waals surface area contributed by atoms with Gasteiger partial charge in [-0.25, -0.2) is 4.39 Å². The van der Waals surface area contributed by atoms with Crippen LogP contribution in [-0.2, 0) is 13.1 Å². The SMILES string of the molecule is O=C(NCc1ccccc1)c1cc2scc(Br)c2n1Cc1ccc(F)cc1. The maximum absolute atomic E-state index is 13.2. The highest BCUT2D eigenvalue weighted by molar-refractivity contribution is 9.10. The second-order valence-electron chi connectivity index (χ2n) is 6.21. The van der Waals surface area contributed by atoms with E-state index in [1.165, 1.54) is 12.1 Å². The van der Waals surface area contributed by atoms with Crippen LogP contribution in [0.4, 0.5) is 4.39 Å². The van der Waals surface area contributed by atoms with Gasteiger partial charge in [0.05, 0.1) is 14.7 Å². The number of hydrogen-bond donors (Lipinski definition) is 1. The lowest BCUT2D eigenvalue weighted by Gasteiger charge is -2.12. The smallest absolute Gasteiger partial charge is 0.268 e. The average Bonchev–Trinajstić information content (AvgIpc) is 3.23. The van der Waals surface area contributed by atoms with Gasteiger partial charge in [0, 0.05) is 18.5 Å². The Bertz CT molecular complexity index is 1090. The third-order valence-electron chi connectivity index (χ3n) is 4.36. The minimum Gasteiger partial charge on any atom is -0.347 e. The lowest BCUT2D eigenvalue weighted by Crippen LogP contribution is -2.25. The van der Waals surface area contributed by atoms with Crippen molar-refractivity contribution in [3.05, 3.63) is 93.2 Å².